The van der Waals surface area contributed by atoms with Crippen LogP contribution >= 0.6 is 0 Å². The molecule has 0 heterocycles. The van der Waals surface area contributed by atoms with E-state index in [1.165, 1.54) is 69.8 Å². The monoisotopic (exact) mass is 476 g/mol. The topological polar surface area (TPSA) is 0 Å². The summed E-state index contributed by atoms with van der Waals surface area (Å²) >= 11 is 1.51. The zero-order chi connectivity index (χ0) is 18.1. The van der Waals surface area contributed by atoms with Crippen molar-refractivity contribution in [3.05, 3.63) is 88.5 Å². The summed E-state index contributed by atoms with van der Waals surface area (Å²) in [6.45, 7) is 6.38. The van der Waals surface area contributed by atoms with Crippen molar-refractivity contribution in [3.8, 4) is 0 Å². The third kappa shape index (κ3) is 9.42. The third-order valence-electron chi connectivity index (χ3n) is 4.72. The summed E-state index contributed by atoms with van der Waals surface area (Å²) in [7, 11) is 0. The van der Waals surface area contributed by atoms with Crippen molar-refractivity contribution < 1.29 is 49.0 Å². The summed E-state index contributed by atoms with van der Waals surface area (Å²) in [6.07, 6.45) is 11.9. The molecule has 0 saturated heterocycles. The van der Waals surface area contributed by atoms with Crippen molar-refractivity contribution in [3.63, 3.8) is 0 Å². The van der Waals surface area contributed by atoms with Gasteiger partial charge in [0.25, 0.3) is 0 Å². The van der Waals surface area contributed by atoms with Crippen LogP contribution in [0.1, 0.15) is 56.7 Å². The van der Waals surface area contributed by atoms with E-state index in [9.17, 15) is 0 Å². The fraction of sp³-hybridized carbons (Fsp3) is 0.333. The molecule has 0 saturated carbocycles. The van der Waals surface area contributed by atoms with Gasteiger partial charge in [-0.1, -0.05) is 32.6 Å². The van der Waals surface area contributed by atoms with E-state index >= 15 is 0 Å². The number of rotatable bonds is 1. The van der Waals surface area contributed by atoms with Gasteiger partial charge in [-0.25, -0.2) is 17.2 Å². The Morgan fingerprint density at radius 3 is 2.11 bits per heavy atom. The van der Waals surface area contributed by atoms with Crippen LogP contribution in [0, 0.1) is 6.08 Å². The Morgan fingerprint density at radius 2 is 1.67 bits per heavy atom. The Kier molecular flexibility index (Phi) is 14.1. The minimum atomic E-state index is 0. The third-order valence-corrected chi connectivity index (χ3v) is 5.43. The normalized spacial score (nSPS) is 13.8. The summed E-state index contributed by atoms with van der Waals surface area (Å²) in [5.41, 5.74) is 7.28. The first-order chi connectivity index (χ1) is 12.1. The fourth-order valence-electron chi connectivity index (χ4n) is 2.95. The molecule has 2 aromatic rings. The predicted octanol–water partition coefficient (Wildman–Crippen LogP) is 0.152. The number of allylic oxidation sites excluding steroid dienone is 4. The molecule has 0 unspecified atom stereocenters. The smallest absolute Gasteiger partial charge is 0.0512 e. The molecule has 0 spiro atoms. The van der Waals surface area contributed by atoms with Gasteiger partial charge in [0.1, 0.15) is 0 Å². The Labute approximate surface area is 192 Å². The summed E-state index contributed by atoms with van der Waals surface area (Å²) in [6, 6.07) is 17.2. The number of aryl methyl sites for hydroxylation is 2. The van der Waals surface area contributed by atoms with E-state index in [-0.39, 0.29) is 24.8 Å². The standard InChI is InChI=1S/C9H11.C8H8.C7H9.2ClH.Zr/c1-2-5-9-7-3-6-8(9)4-1;1-2-8-6-4-3-5-7-8;1-6-4-3-5-7(6)2;;;/h3,6-7H,1-2,4-5H2;3-7H,1H3;4H,3H2,1-2H3;2*1H;/q-1;;-1;;;+2/p-2. The fourth-order valence-corrected chi connectivity index (χ4v) is 3.36. The second kappa shape index (κ2) is 14.4. The first kappa shape index (κ1) is 26.4. The molecule has 2 aromatic carbocycles. The molecule has 0 aromatic heterocycles. The summed E-state index contributed by atoms with van der Waals surface area (Å²) < 4.78 is 1.46. The van der Waals surface area contributed by atoms with Crippen LogP contribution in [0.5, 0.6) is 0 Å². The molecular formula is C24H28Cl2Zr-2. The van der Waals surface area contributed by atoms with Gasteiger partial charge in [0, 0.05) is 0 Å². The summed E-state index contributed by atoms with van der Waals surface area (Å²) in [5.74, 6) is 0. The molecule has 0 N–H and O–H groups in total. The minimum Gasteiger partial charge on any atom is -1.00 e. The molecular weight excluding hydrogens is 450 g/mol. The van der Waals surface area contributed by atoms with Crippen molar-refractivity contribution in [2.45, 2.75) is 52.9 Å². The molecule has 4 rings (SSSR count). The van der Waals surface area contributed by atoms with Gasteiger partial charge in [0.2, 0.25) is 0 Å². The average molecular weight is 479 g/mol. The first-order valence-electron chi connectivity index (χ1n) is 9.16. The second-order valence-electron chi connectivity index (χ2n) is 6.67. The van der Waals surface area contributed by atoms with Crippen LogP contribution in [0.3, 0.4) is 0 Å². The van der Waals surface area contributed by atoms with Crippen LogP contribution in [0.15, 0.2) is 65.8 Å². The van der Waals surface area contributed by atoms with Crippen LogP contribution in [0.4, 0.5) is 0 Å². The molecule has 0 radical (unpaired) electrons. The van der Waals surface area contributed by atoms with Crippen molar-refractivity contribution in [2.24, 2.45) is 0 Å². The molecule has 0 amide bonds. The molecule has 3 heteroatoms. The number of halogens is 2. The average Bonchev–Trinajstić information content (AvgIpc) is 3.26. The zero-order valence-electron chi connectivity index (χ0n) is 16.5. The zero-order valence-corrected chi connectivity index (χ0v) is 20.5. The maximum absolute atomic E-state index is 3.19. The van der Waals surface area contributed by atoms with E-state index in [0.717, 1.165) is 6.42 Å². The van der Waals surface area contributed by atoms with Crippen LogP contribution in [-0.2, 0) is 37.1 Å². The van der Waals surface area contributed by atoms with E-state index < -0.39 is 0 Å². The van der Waals surface area contributed by atoms with E-state index in [4.69, 9.17) is 0 Å². The van der Waals surface area contributed by atoms with E-state index in [1.54, 1.807) is 11.1 Å². The van der Waals surface area contributed by atoms with Crippen LogP contribution in [0.25, 0.3) is 0 Å². The molecule has 0 fully saturated rings. The Balaban J connectivity index is 0.000000365. The van der Waals surface area contributed by atoms with Gasteiger partial charge in [-0.15, -0.1) is 13.3 Å². The van der Waals surface area contributed by atoms with E-state index in [1.807, 2.05) is 6.07 Å². The van der Waals surface area contributed by atoms with Gasteiger partial charge >= 0.3 is 70.3 Å². The molecule has 0 atom stereocenters. The molecule has 144 valence electrons. The van der Waals surface area contributed by atoms with Gasteiger partial charge in [-0.3, -0.25) is 6.08 Å². The van der Waals surface area contributed by atoms with Crippen molar-refractivity contribution in [2.75, 3.05) is 0 Å². The number of hydrogen-bond acceptors (Lipinski definition) is 0. The SMILES string of the molecule is CC1=[C-]CC=C1C.C[C](=[Zr+2])c1ccccc1.[Cl-].[Cl-].c1cc2c([cH-]1)CCCC2. The number of hydrogen-bond donors (Lipinski definition) is 0. The number of fused-ring (bicyclic) bond motifs is 1. The maximum Gasteiger partial charge on any atom is -0.0512 e. The van der Waals surface area contributed by atoms with E-state index in [0.29, 0.717) is 0 Å². The Bertz CT molecular complexity index is 702. The first-order valence-corrected chi connectivity index (χ1v) is 10.4. The molecule has 2 aliphatic carbocycles. The molecule has 0 nitrogen and oxygen atoms in total. The second-order valence-corrected chi connectivity index (χ2v) is 8.51. The maximum atomic E-state index is 3.19. The predicted molar refractivity (Wildman–Crippen MR) is 106 cm³/mol. The van der Waals surface area contributed by atoms with Gasteiger partial charge in [0.15, 0.2) is 0 Å². The minimum absolute atomic E-state index is 0. The van der Waals surface area contributed by atoms with Gasteiger partial charge in [-0.2, -0.15) is 29.3 Å². The molecule has 0 bridgehead atoms. The molecule has 27 heavy (non-hydrogen) atoms. The Hall–Kier alpha value is -0.617. The summed E-state index contributed by atoms with van der Waals surface area (Å²) in [5, 5.41) is 0. The Morgan fingerprint density at radius 1 is 1.00 bits per heavy atom. The van der Waals surface area contributed by atoms with Crippen LogP contribution in [0.2, 0.25) is 0 Å². The largest absolute Gasteiger partial charge is 1.00 e. The molecule has 0 aliphatic heterocycles. The van der Waals surface area contributed by atoms with Gasteiger partial charge < -0.3 is 24.8 Å². The van der Waals surface area contributed by atoms with E-state index in [2.05, 4.69) is 75.4 Å². The summed E-state index contributed by atoms with van der Waals surface area (Å²) in [4.78, 5) is 0. The van der Waals surface area contributed by atoms with Crippen molar-refractivity contribution >= 4 is 3.21 Å². The van der Waals surface area contributed by atoms with Crippen LogP contribution < -0.4 is 24.8 Å². The van der Waals surface area contributed by atoms with Crippen molar-refractivity contribution in [1.82, 2.24) is 0 Å². The van der Waals surface area contributed by atoms with Crippen LogP contribution in [-0.4, -0.2) is 3.21 Å². The van der Waals surface area contributed by atoms with Gasteiger partial charge in [0.05, 0.1) is 0 Å². The number of benzene rings is 1. The van der Waals surface area contributed by atoms with Crippen molar-refractivity contribution in [1.29, 1.82) is 0 Å². The van der Waals surface area contributed by atoms with Gasteiger partial charge in [-0.05, 0) is 0 Å². The molecule has 2 aliphatic rings. The quantitative estimate of drug-likeness (QED) is 0.512.